The molecule has 192 valence electrons. The Hall–Kier alpha value is -4.18. The Bertz CT molecular complexity index is 1470. The van der Waals surface area contributed by atoms with Crippen molar-refractivity contribution < 1.29 is 13.6 Å². The summed E-state index contributed by atoms with van der Waals surface area (Å²) >= 11 is 0. The quantitative estimate of drug-likeness (QED) is 0.321. The molecular weight excluding hydrogens is 478 g/mol. The molecule has 0 radical (unpaired) electrons. The van der Waals surface area contributed by atoms with Gasteiger partial charge < -0.3 is 15.5 Å². The molecule has 0 aliphatic heterocycles. The van der Waals surface area contributed by atoms with E-state index < -0.39 is 23.1 Å². The van der Waals surface area contributed by atoms with Gasteiger partial charge in [0.1, 0.15) is 5.56 Å². The molecule has 4 aromatic rings. The molecule has 10 heteroatoms. The monoisotopic (exact) mass is 506 g/mol. The Balaban J connectivity index is 1.45. The van der Waals surface area contributed by atoms with E-state index in [0.29, 0.717) is 5.56 Å². The summed E-state index contributed by atoms with van der Waals surface area (Å²) in [6.45, 7) is 1.94. The van der Waals surface area contributed by atoms with Gasteiger partial charge in [-0.2, -0.15) is 0 Å². The van der Waals surface area contributed by atoms with Crippen LogP contribution in [-0.2, 0) is 13.1 Å². The molecule has 2 aromatic carbocycles. The smallest absolute Gasteiger partial charge is 0.266 e. The molecule has 8 nitrogen and oxygen atoms in total. The van der Waals surface area contributed by atoms with Gasteiger partial charge in [-0.1, -0.05) is 12.1 Å². The maximum absolute atomic E-state index is 13.5. The van der Waals surface area contributed by atoms with Crippen molar-refractivity contribution in [3.05, 3.63) is 99.9 Å². The molecule has 0 fully saturated rings. The first kappa shape index (κ1) is 25.9. The van der Waals surface area contributed by atoms with Crippen molar-refractivity contribution in [3.63, 3.8) is 0 Å². The molecule has 2 heterocycles. The van der Waals surface area contributed by atoms with Crippen molar-refractivity contribution in [3.8, 4) is 0 Å². The number of nitrogens with one attached hydrogen (secondary N) is 2. The van der Waals surface area contributed by atoms with Crippen LogP contribution in [0.15, 0.2) is 66.0 Å². The van der Waals surface area contributed by atoms with E-state index in [0.717, 1.165) is 53.8 Å². The van der Waals surface area contributed by atoms with Crippen LogP contribution in [0.25, 0.3) is 10.9 Å². The van der Waals surface area contributed by atoms with Crippen molar-refractivity contribution in [1.29, 1.82) is 0 Å². The molecule has 4 rings (SSSR count). The predicted molar refractivity (Wildman–Crippen MR) is 139 cm³/mol. The lowest BCUT2D eigenvalue weighted by Crippen LogP contribution is -2.33. The summed E-state index contributed by atoms with van der Waals surface area (Å²) < 4.78 is 27.9. The molecule has 0 spiro atoms. The van der Waals surface area contributed by atoms with E-state index in [4.69, 9.17) is 0 Å². The van der Waals surface area contributed by atoms with Crippen LogP contribution in [0.3, 0.4) is 0 Å². The van der Waals surface area contributed by atoms with Gasteiger partial charge in [-0.15, -0.1) is 0 Å². The van der Waals surface area contributed by atoms with E-state index in [1.807, 2.05) is 38.4 Å². The van der Waals surface area contributed by atoms with Crippen molar-refractivity contribution in [1.82, 2.24) is 24.8 Å². The van der Waals surface area contributed by atoms with Crippen LogP contribution < -0.4 is 16.2 Å². The van der Waals surface area contributed by atoms with Crippen LogP contribution in [0.4, 0.5) is 14.5 Å². The number of aromatic nitrogens is 3. The lowest BCUT2D eigenvalue weighted by molar-refractivity contribution is 0.0948. The highest BCUT2D eigenvalue weighted by molar-refractivity contribution is 5.94. The molecule has 2 N–H and O–H groups in total. The van der Waals surface area contributed by atoms with E-state index in [2.05, 4.69) is 25.5 Å². The van der Waals surface area contributed by atoms with Crippen molar-refractivity contribution in [2.24, 2.45) is 0 Å². The van der Waals surface area contributed by atoms with Crippen LogP contribution in [0.2, 0.25) is 0 Å². The molecule has 0 bridgehead atoms. The zero-order valence-electron chi connectivity index (χ0n) is 20.7. The average Bonchev–Trinajstić information content (AvgIpc) is 2.88. The Morgan fingerprint density at radius 3 is 2.65 bits per heavy atom. The van der Waals surface area contributed by atoms with Crippen LogP contribution in [0, 0.1) is 11.6 Å². The minimum absolute atomic E-state index is 0.0495. The number of hydrogen-bond acceptors (Lipinski definition) is 6. The average molecular weight is 507 g/mol. The van der Waals surface area contributed by atoms with Crippen LogP contribution in [0.1, 0.15) is 27.9 Å². The van der Waals surface area contributed by atoms with E-state index in [1.165, 1.54) is 23.2 Å². The molecule has 37 heavy (non-hydrogen) atoms. The Kier molecular flexibility index (Phi) is 8.19. The maximum atomic E-state index is 13.5. The maximum Gasteiger partial charge on any atom is 0.266 e. The van der Waals surface area contributed by atoms with Crippen LogP contribution >= 0.6 is 0 Å². The van der Waals surface area contributed by atoms with Gasteiger partial charge in [0.15, 0.2) is 11.6 Å². The third kappa shape index (κ3) is 6.53. The number of pyridine rings is 1. The molecule has 0 atom stereocenters. The number of carbonyl (C=O) groups excluding carboxylic acids is 1. The van der Waals surface area contributed by atoms with Gasteiger partial charge in [-0.25, -0.2) is 13.8 Å². The van der Waals surface area contributed by atoms with Gasteiger partial charge in [-0.05, 0) is 68.5 Å². The summed E-state index contributed by atoms with van der Waals surface area (Å²) in [6, 6.07) is 11.0. The number of benzene rings is 2. The van der Waals surface area contributed by atoms with Crippen molar-refractivity contribution in [2.45, 2.75) is 19.5 Å². The summed E-state index contributed by atoms with van der Waals surface area (Å²) in [5, 5.41) is 7.15. The number of nitrogens with zero attached hydrogens (tertiary/aromatic N) is 4. The number of amides is 1. The second kappa shape index (κ2) is 11.7. The summed E-state index contributed by atoms with van der Waals surface area (Å²) in [4.78, 5) is 36.2. The Labute approximate surface area is 213 Å². The number of halogens is 2. The van der Waals surface area contributed by atoms with Crippen molar-refractivity contribution >= 4 is 22.5 Å². The topological polar surface area (TPSA) is 92.2 Å². The number of anilines is 1. The number of hydrogen-bond donors (Lipinski definition) is 2. The van der Waals surface area contributed by atoms with E-state index >= 15 is 0 Å². The highest BCUT2D eigenvalue weighted by Gasteiger charge is 2.14. The normalized spacial score (nSPS) is 11.2. The molecular formula is C27H28F2N6O2. The highest BCUT2D eigenvalue weighted by Crippen LogP contribution is 2.23. The Morgan fingerprint density at radius 2 is 1.86 bits per heavy atom. The Morgan fingerprint density at radius 1 is 1.05 bits per heavy atom. The van der Waals surface area contributed by atoms with Crippen LogP contribution in [-0.4, -0.2) is 52.5 Å². The molecule has 0 aliphatic carbocycles. The second-order valence-electron chi connectivity index (χ2n) is 8.97. The highest BCUT2D eigenvalue weighted by atomic mass is 19.2. The van der Waals surface area contributed by atoms with Gasteiger partial charge in [-0.3, -0.25) is 19.1 Å². The second-order valence-corrected chi connectivity index (χ2v) is 8.97. The fraction of sp³-hybridized carbons (Fsp3) is 0.259. The minimum Gasteiger partial charge on any atom is -0.384 e. The molecule has 0 aliphatic rings. The van der Waals surface area contributed by atoms with Crippen LogP contribution in [0.5, 0.6) is 0 Å². The van der Waals surface area contributed by atoms with Gasteiger partial charge in [0.25, 0.3) is 11.5 Å². The van der Waals surface area contributed by atoms with E-state index in [-0.39, 0.29) is 18.7 Å². The zero-order valence-corrected chi connectivity index (χ0v) is 20.7. The predicted octanol–water partition coefficient (Wildman–Crippen LogP) is 3.41. The largest absolute Gasteiger partial charge is 0.384 e. The number of rotatable bonds is 10. The molecule has 0 saturated heterocycles. The summed E-state index contributed by atoms with van der Waals surface area (Å²) in [5.41, 5.74) is 2.29. The van der Waals surface area contributed by atoms with Gasteiger partial charge in [0, 0.05) is 36.6 Å². The summed E-state index contributed by atoms with van der Waals surface area (Å²) in [7, 11) is 4.08. The number of fused-ring (bicyclic) bond motifs is 1. The SMILES string of the molecule is CN(C)CCCNc1ccnc2ccc(CNC(=O)c3cncn(Cc4ccc(F)c(F)c4)c3=O)cc12. The molecule has 1 amide bonds. The lowest BCUT2D eigenvalue weighted by Gasteiger charge is -2.13. The first-order valence-electron chi connectivity index (χ1n) is 11.8. The van der Waals surface area contributed by atoms with Gasteiger partial charge in [0.2, 0.25) is 0 Å². The van der Waals surface area contributed by atoms with E-state index in [9.17, 15) is 18.4 Å². The fourth-order valence-electron chi connectivity index (χ4n) is 3.91. The first-order valence-corrected chi connectivity index (χ1v) is 11.8. The summed E-state index contributed by atoms with van der Waals surface area (Å²) in [5.74, 6) is -2.56. The first-order chi connectivity index (χ1) is 17.8. The standard InChI is InChI=1S/C27H28F2N6O2/c1-34(2)11-3-9-31-25-8-10-32-24-7-5-18(12-20(24)25)14-33-26(36)21-15-30-17-35(27(21)37)16-19-4-6-22(28)23(29)13-19/h4-8,10,12-13,15,17H,3,9,11,14,16H2,1-2H3,(H,31,32)(H,33,36). The third-order valence-corrected chi connectivity index (χ3v) is 5.84. The summed E-state index contributed by atoms with van der Waals surface area (Å²) in [6.07, 6.45) is 5.19. The third-order valence-electron chi connectivity index (χ3n) is 5.84. The molecule has 0 saturated carbocycles. The zero-order chi connectivity index (χ0) is 26.4. The van der Waals surface area contributed by atoms with Crippen molar-refractivity contribution in [2.75, 3.05) is 32.5 Å². The van der Waals surface area contributed by atoms with E-state index in [1.54, 1.807) is 6.20 Å². The molecule has 2 aromatic heterocycles. The van der Waals surface area contributed by atoms with Gasteiger partial charge >= 0.3 is 0 Å². The lowest BCUT2D eigenvalue weighted by atomic mass is 10.1. The molecule has 0 unspecified atom stereocenters. The number of carbonyl (C=O) groups is 1. The van der Waals surface area contributed by atoms with Gasteiger partial charge in [0.05, 0.1) is 18.4 Å². The minimum atomic E-state index is -1.01. The fourth-order valence-corrected chi connectivity index (χ4v) is 3.91.